The number of nitrogens with zero attached hydrogens (tertiary/aromatic N) is 2. The van der Waals surface area contributed by atoms with E-state index in [0.29, 0.717) is 5.02 Å². The molecule has 0 heterocycles. The van der Waals surface area contributed by atoms with Crippen molar-refractivity contribution in [2.24, 2.45) is 11.8 Å². The number of amides is 4. The molecular formula is C38H53ClN4O8. The number of aliphatic carboxylic acids is 1. The molecular weight excluding hydrogens is 676 g/mol. The number of hydrogen-bond acceptors (Lipinski definition) is 7. The van der Waals surface area contributed by atoms with Gasteiger partial charge in [0.2, 0.25) is 23.6 Å². The number of ether oxygens (including phenoxy) is 1. The van der Waals surface area contributed by atoms with Crippen molar-refractivity contribution in [1.82, 2.24) is 20.4 Å². The fourth-order valence-corrected chi connectivity index (χ4v) is 5.42. The topological polar surface area (TPSA) is 162 Å². The molecule has 0 aromatic heterocycles. The van der Waals surface area contributed by atoms with Gasteiger partial charge in [0.1, 0.15) is 11.6 Å². The van der Waals surface area contributed by atoms with Crippen LogP contribution in [0.4, 0.5) is 0 Å². The molecule has 2 aromatic rings. The molecule has 51 heavy (non-hydrogen) atoms. The summed E-state index contributed by atoms with van der Waals surface area (Å²) in [4.78, 5) is 80.6. The lowest BCUT2D eigenvalue weighted by Gasteiger charge is -2.32. The smallest absolute Gasteiger partial charge is 0.308 e. The maximum atomic E-state index is 13.9. The monoisotopic (exact) mass is 728 g/mol. The van der Waals surface area contributed by atoms with Crippen LogP contribution >= 0.6 is 11.6 Å². The van der Waals surface area contributed by atoms with E-state index in [1.165, 1.54) is 16.8 Å². The third kappa shape index (κ3) is 15.1. The first-order chi connectivity index (χ1) is 23.8. The Balaban J connectivity index is 2.23. The lowest BCUT2D eigenvalue weighted by atomic mass is 9.94. The first kappa shape index (κ1) is 42.7. The Bertz CT molecular complexity index is 1490. The molecule has 3 N–H and O–H groups in total. The van der Waals surface area contributed by atoms with Crippen molar-refractivity contribution in [2.75, 3.05) is 20.6 Å². The number of carbonyl (C=O) groups excluding carboxylic acids is 5. The second-order valence-corrected chi connectivity index (χ2v) is 14.7. The molecule has 0 spiro atoms. The van der Waals surface area contributed by atoms with Gasteiger partial charge in [-0.2, -0.15) is 0 Å². The van der Waals surface area contributed by atoms with Crippen molar-refractivity contribution in [1.29, 1.82) is 0 Å². The van der Waals surface area contributed by atoms with Gasteiger partial charge in [-0.1, -0.05) is 67.9 Å². The summed E-state index contributed by atoms with van der Waals surface area (Å²) in [5.41, 5.74) is 0.838. The SMILES string of the molecule is CC(C)C(=O)N[C@@H](CC(=O)OC(C)(C)C)C(=O)N(C)C(CC(=O)NC[C@H](C)N(C)C(=O)C(CC(=O)O)Cc1ccccc1)Cc1ccc(Cl)cc1. The van der Waals surface area contributed by atoms with Gasteiger partial charge in [0, 0.05) is 50.1 Å². The first-order valence-corrected chi connectivity index (χ1v) is 17.5. The predicted octanol–water partition coefficient (Wildman–Crippen LogP) is 4.27. The molecule has 0 fully saturated rings. The van der Waals surface area contributed by atoms with E-state index in [2.05, 4.69) is 10.6 Å². The molecule has 4 atom stereocenters. The lowest BCUT2D eigenvalue weighted by Crippen LogP contribution is -2.53. The summed E-state index contributed by atoms with van der Waals surface area (Å²) in [6.45, 7) is 10.3. The Labute approximate surface area is 306 Å². The van der Waals surface area contributed by atoms with Crippen LogP contribution in [0.1, 0.15) is 71.9 Å². The van der Waals surface area contributed by atoms with Gasteiger partial charge < -0.3 is 30.3 Å². The minimum absolute atomic E-state index is 0.0727. The van der Waals surface area contributed by atoms with Crippen molar-refractivity contribution in [2.45, 2.75) is 97.4 Å². The van der Waals surface area contributed by atoms with Crippen LogP contribution in [0.25, 0.3) is 0 Å². The third-order valence-corrected chi connectivity index (χ3v) is 8.58. The van der Waals surface area contributed by atoms with E-state index in [4.69, 9.17) is 16.3 Å². The van der Waals surface area contributed by atoms with E-state index in [1.54, 1.807) is 72.9 Å². The highest BCUT2D eigenvalue weighted by molar-refractivity contribution is 6.30. The van der Waals surface area contributed by atoms with Crippen LogP contribution in [-0.4, -0.2) is 94.8 Å². The van der Waals surface area contributed by atoms with Crippen LogP contribution in [0, 0.1) is 11.8 Å². The van der Waals surface area contributed by atoms with Gasteiger partial charge in [0.05, 0.1) is 18.8 Å². The number of esters is 1. The molecule has 2 rings (SSSR count). The summed E-state index contributed by atoms with van der Waals surface area (Å²) in [5, 5.41) is 15.5. The zero-order valence-electron chi connectivity index (χ0n) is 30.9. The molecule has 0 bridgehead atoms. The zero-order valence-corrected chi connectivity index (χ0v) is 31.7. The van der Waals surface area contributed by atoms with E-state index in [9.17, 15) is 33.9 Å². The molecule has 280 valence electrons. The molecule has 0 aliphatic heterocycles. The molecule has 0 aliphatic carbocycles. The normalized spacial score (nSPS) is 13.7. The second-order valence-electron chi connectivity index (χ2n) is 14.2. The van der Waals surface area contributed by atoms with Crippen LogP contribution < -0.4 is 10.6 Å². The van der Waals surface area contributed by atoms with Gasteiger partial charge >= 0.3 is 11.9 Å². The Morgan fingerprint density at radius 2 is 1.39 bits per heavy atom. The maximum Gasteiger partial charge on any atom is 0.308 e. The first-order valence-electron chi connectivity index (χ1n) is 17.1. The molecule has 12 nitrogen and oxygen atoms in total. The van der Waals surface area contributed by atoms with Gasteiger partial charge in [-0.05, 0) is 63.8 Å². The zero-order chi connectivity index (χ0) is 38.5. The summed E-state index contributed by atoms with van der Waals surface area (Å²) < 4.78 is 5.43. The Morgan fingerprint density at radius 1 is 0.804 bits per heavy atom. The van der Waals surface area contributed by atoms with E-state index in [1.807, 2.05) is 30.3 Å². The Kier molecular flexibility index (Phi) is 16.6. The molecule has 4 amide bonds. The summed E-state index contributed by atoms with van der Waals surface area (Å²) in [6, 6.07) is 13.7. The van der Waals surface area contributed by atoms with Crippen molar-refractivity contribution in [3.63, 3.8) is 0 Å². The maximum absolute atomic E-state index is 13.9. The quantitative estimate of drug-likeness (QED) is 0.192. The van der Waals surface area contributed by atoms with Gasteiger partial charge in [0.15, 0.2) is 0 Å². The Hall–Kier alpha value is -4.45. The summed E-state index contributed by atoms with van der Waals surface area (Å²) in [5.74, 6) is -4.72. The van der Waals surface area contributed by atoms with Gasteiger partial charge in [-0.3, -0.25) is 28.8 Å². The number of carboxylic acid groups (broad SMARTS) is 1. The van der Waals surface area contributed by atoms with Crippen molar-refractivity contribution in [3.05, 3.63) is 70.7 Å². The summed E-state index contributed by atoms with van der Waals surface area (Å²) in [7, 11) is 3.09. The highest BCUT2D eigenvalue weighted by Gasteiger charge is 2.34. The average molecular weight is 729 g/mol. The van der Waals surface area contributed by atoms with Crippen LogP contribution in [0.2, 0.25) is 5.02 Å². The van der Waals surface area contributed by atoms with Crippen LogP contribution in [-0.2, 0) is 46.3 Å². The molecule has 13 heteroatoms. The highest BCUT2D eigenvalue weighted by atomic mass is 35.5. The predicted molar refractivity (Wildman–Crippen MR) is 195 cm³/mol. The number of carboxylic acids is 1. The van der Waals surface area contributed by atoms with Crippen LogP contribution in [0.15, 0.2) is 54.6 Å². The van der Waals surface area contributed by atoms with Crippen LogP contribution in [0.3, 0.4) is 0 Å². The largest absolute Gasteiger partial charge is 0.481 e. The summed E-state index contributed by atoms with van der Waals surface area (Å²) in [6.07, 6.45) is -0.356. The number of likely N-dealkylation sites (N-methyl/N-ethyl adjacent to an activating group) is 2. The van der Waals surface area contributed by atoms with Crippen molar-refractivity contribution in [3.8, 4) is 0 Å². The van der Waals surface area contributed by atoms with Gasteiger partial charge in [-0.15, -0.1) is 0 Å². The van der Waals surface area contributed by atoms with Crippen molar-refractivity contribution >= 4 is 47.2 Å². The minimum atomic E-state index is -1.23. The number of benzene rings is 2. The van der Waals surface area contributed by atoms with Gasteiger partial charge in [-0.25, -0.2) is 0 Å². The van der Waals surface area contributed by atoms with Gasteiger partial charge in [0.25, 0.3) is 0 Å². The van der Waals surface area contributed by atoms with Crippen molar-refractivity contribution < 1.29 is 38.6 Å². The number of carbonyl (C=O) groups is 6. The molecule has 0 aliphatic rings. The fraction of sp³-hybridized carbons (Fsp3) is 0.526. The summed E-state index contributed by atoms with van der Waals surface area (Å²) >= 11 is 6.09. The number of hydrogen-bond donors (Lipinski definition) is 3. The number of halogens is 1. The third-order valence-electron chi connectivity index (χ3n) is 8.33. The lowest BCUT2D eigenvalue weighted by molar-refractivity contribution is -0.157. The van der Waals surface area contributed by atoms with E-state index in [-0.39, 0.29) is 38.1 Å². The molecule has 0 saturated heterocycles. The molecule has 2 unspecified atom stereocenters. The average Bonchev–Trinajstić information content (AvgIpc) is 3.05. The standard InChI is InChI=1S/C38H53ClN4O8/c1-24(2)35(48)41-31(22-34(47)51-38(4,5)6)37(50)43(8)30(19-27-14-16-29(39)17-15-27)21-32(44)40-23-25(3)42(7)36(49)28(20-33(45)46)18-26-12-10-9-11-13-26/h9-17,24-25,28,30-31H,18-23H2,1-8H3,(H,40,44)(H,41,48)(H,45,46)/t25-,28?,30?,31-/m0/s1. The van der Waals surface area contributed by atoms with E-state index < -0.39 is 71.6 Å². The highest BCUT2D eigenvalue weighted by Crippen LogP contribution is 2.19. The number of rotatable bonds is 18. The second kappa shape index (κ2) is 19.8. The van der Waals surface area contributed by atoms with E-state index >= 15 is 0 Å². The van der Waals surface area contributed by atoms with Crippen LogP contribution in [0.5, 0.6) is 0 Å². The fourth-order valence-electron chi connectivity index (χ4n) is 5.30. The van der Waals surface area contributed by atoms with E-state index in [0.717, 1.165) is 11.1 Å². The molecule has 2 aromatic carbocycles. The minimum Gasteiger partial charge on any atom is -0.481 e. The molecule has 0 radical (unpaired) electrons. The Morgan fingerprint density at radius 3 is 1.94 bits per heavy atom. The molecule has 0 saturated carbocycles. The number of nitrogens with one attached hydrogen (secondary N) is 2.